The molecule has 0 aliphatic rings. The van der Waals surface area contributed by atoms with E-state index < -0.39 is 18.1 Å². The zero-order valence-corrected chi connectivity index (χ0v) is 12.0. The molecule has 6 heteroatoms. The summed E-state index contributed by atoms with van der Waals surface area (Å²) in [6.45, 7) is 1.80. The number of hydrogen-bond donors (Lipinski definition) is 2. The number of amides is 1. The molecule has 1 unspecified atom stereocenters. The lowest BCUT2D eigenvalue weighted by Gasteiger charge is -2.15. The van der Waals surface area contributed by atoms with Gasteiger partial charge in [-0.3, -0.25) is 4.98 Å². The first-order chi connectivity index (χ1) is 10.6. The minimum Gasteiger partial charge on any atom is -0.479 e. The van der Waals surface area contributed by atoms with Crippen LogP contribution in [0.15, 0.2) is 48.7 Å². The number of carboxylic acids is 1. The highest BCUT2D eigenvalue weighted by molar-refractivity contribution is 5.81. The average molecular weight is 300 g/mol. The monoisotopic (exact) mass is 300 g/mol. The van der Waals surface area contributed by atoms with Crippen molar-refractivity contribution in [2.45, 2.75) is 19.6 Å². The second-order valence-corrected chi connectivity index (χ2v) is 4.68. The molecule has 1 atom stereocenters. The van der Waals surface area contributed by atoms with E-state index in [0.29, 0.717) is 5.56 Å². The van der Waals surface area contributed by atoms with E-state index in [9.17, 15) is 14.7 Å². The number of nitrogens with one attached hydrogen (secondary N) is 1. The van der Waals surface area contributed by atoms with Gasteiger partial charge in [0.05, 0.1) is 5.69 Å². The fraction of sp³-hybridized carbons (Fsp3) is 0.188. The smallest absolute Gasteiger partial charge is 0.408 e. The Morgan fingerprint density at radius 1 is 1.23 bits per heavy atom. The lowest BCUT2D eigenvalue weighted by atomic mass is 10.1. The molecular formula is C16H16N2O4. The number of hydrogen-bond acceptors (Lipinski definition) is 4. The van der Waals surface area contributed by atoms with Gasteiger partial charge in [0.2, 0.25) is 0 Å². The molecule has 0 saturated heterocycles. The lowest BCUT2D eigenvalue weighted by molar-refractivity contribution is -0.139. The molecule has 0 spiro atoms. The highest BCUT2D eigenvalue weighted by Crippen LogP contribution is 2.15. The number of carbonyl (C=O) groups is 2. The number of rotatable bonds is 5. The van der Waals surface area contributed by atoms with Gasteiger partial charge < -0.3 is 15.2 Å². The Balaban J connectivity index is 2.01. The molecule has 6 nitrogen and oxygen atoms in total. The van der Waals surface area contributed by atoms with Gasteiger partial charge in [-0.05, 0) is 24.1 Å². The first-order valence-corrected chi connectivity index (χ1v) is 6.69. The van der Waals surface area contributed by atoms with Crippen LogP contribution in [0.5, 0.6) is 0 Å². The molecule has 1 heterocycles. The summed E-state index contributed by atoms with van der Waals surface area (Å²) in [7, 11) is 0. The highest BCUT2D eigenvalue weighted by atomic mass is 16.5. The van der Waals surface area contributed by atoms with E-state index in [2.05, 4.69) is 10.3 Å². The number of aliphatic carboxylic acids is 1. The van der Waals surface area contributed by atoms with Crippen LogP contribution in [0.4, 0.5) is 4.79 Å². The molecular weight excluding hydrogens is 284 g/mol. The maximum absolute atomic E-state index is 11.8. The molecule has 2 rings (SSSR count). The van der Waals surface area contributed by atoms with E-state index in [1.54, 1.807) is 19.1 Å². The summed E-state index contributed by atoms with van der Waals surface area (Å²) in [5.74, 6) is -1.20. The van der Waals surface area contributed by atoms with Gasteiger partial charge in [0.15, 0.2) is 6.04 Å². The molecule has 1 amide bonds. The van der Waals surface area contributed by atoms with Crippen LogP contribution in [0.2, 0.25) is 0 Å². The summed E-state index contributed by atoms with van der Waals surface area (Å²) in [5.41, 5.74) is 1.78. The predicted molar refractivity (Wildman–Crippen MR) is 79.1 cm³/mol. The lowest BCUT2D eigenvalue weighted by Crippen LogP contribution is -2.35. The Labute approximate surface area is 127 Å². The van der Waals surface area contributed by atoms with E-state index in [1.807, 2.05) is 30.3 Å². The molecule has 0 saturated carbocycles. The zero-order chi connectivity index (χ0) is 15.9. The quantitative estimate of drug-likeness (QED) is 0.885. The summed E-state index contributed by atoms with van der Waals surface area (Å²) >= 11 is 0. The van der Waals surface area contributed by atoms with Crippen LogP contribution in [-0.2, 0) is 16.1 Å². The standard InChI is InChI=1S/C16H16N2O4/c1-11-6-5-9-17-13(11)14(15(19)20)18-16(21)22-10-12-7-3-2-4-8-12/h2-9,14H,10H2,1H3,(H,18,21)(H,19,20). The number of alkyl carbamates (subject to hydrolysis) is 1. The number of benzene rings is 1. The van der Waals surface area contributed by atoms with Crippen LogP contribution in [0.3, 0.4) is 0 Å². The van der Waals surface area contributed by atoms with E-state index in [0.717, 1.165) is 5.56 Å². The number of nitrogens with zero attached hydrogens (tertiary/aromatic N) is 1. The molecule has 0 radical (unpaired) electrons. The van der Waals surface area contributed by atoms with Gasteiger partial charge in [0.25, 0.3) is 0 Å². The van der Waals surface area contributed by atoms with Crippen molar-refractivity contribution < 1.29 is 19.4 Å². The Bertz CT molecular complexity index is 658. The predicted octanol–water partition coefficient (Wildman–Crippen LogP) is 2.44. The fourth-order valence-electron chi connectivity index (χ4n) is 1.93. The van der Waals surface area contributed by atoms with Gasteiger partial charge in [-0.1, -0.05) is 36.4 Å². The summed E-state index contributed by atoms with van der Waals surface area (Å²) in [5, 5.41) is 11.6. The van der Waals surface area contributed by atoms with Gasteiger partial charge in [0, 0.05) is 6.20 Å². The Kier molecular flexibility index (Phi) is 5.08. The van der Waals surface area contributed by atoms with Gasteiger partial charge in [0.1, 0.15) is 6.61 Å². The van der Waals surface area contributed by atoms with E-state index in [-0.39, 0.29) is 12.3 Å². The van der Waals surface area contributed by atoms with Crippen molar-refractivity contribution >= 4 is 12.1 Å². The summed E-state index contributed by atoms with van der Waals surface area (Å²) in [6.07, 6.45) is 0.677. The minimum atomic E-state index is -1.25. The van der Waals surface area contributed by atoms with Gasteiger partial charge in [-0.15, -0.1) is 0 Å². The van der Waals surface area contributed by atoms with Crippen molar-refractivity contribution in [2.24, 2.45) is 0 Å². The van der Waals surface area contributed by atoms with Gasteiger partial charge in [-0.2, -0.15) is 0 Å². The minimum absolute atomic E-state index is 0.0697. The molecule has 2 aromatic rings. The van der Waals surface area contributed by atoms with Crippen LogP contribution in [0, 0.1) is 6.92 Å². The van der Waals surface area contributed by atoms with Crippen LogP contribution < -0.4 is 5.32 Å². The number of carboxylic acid groups (broad SMARTS) is 1. The zero-order valence-electron chi connectivity index (χ0n) is 12.0. The van der Waals surface area contributed by atoms with Gasteiger partial charge in [-0.25, -0.2) is 9.59 Å². The summed E-state index contributed by atoms with van der Waals surface area (Å²) in [6, 6.07) is 11.3. The molecule has 114 valence electrons. The Morgan fingerprint density at radius 2 is 1.95 bits per heavy atom. The molecule has 0 bridgehead atoms. The molecule has 0 fully saturated rings. The largest absolute Gasteiger partial charge is 0.479 e. The van der Waals surface area contributed by atoms with E-state index in [4.69, 9.17) is 4.74 Å². The maximum atomic E-state index is 11.8. The third-order valence-corrected chi connectivity index (χ3v) is 3.05. The summed E-state index contributed by atoms with van der Waals surface area (Å²) < 4.78 is 5.03. The van der Waals surface area contributed by atoms with Crippen molar-refractivity contribution in [2.75, 3.05) is 0 Å². The molecule has 1 aromatic heterocycles. The molecule has 1 aromatic carbocycles. The second kappa shape index (κ2) is 7.21. The van der Waals surface area contributed by atoms with Gasteiger partial charge >= 0.3 is 12.1 Å². The number of pyridine rings is 1. The molecule has 22 heavy (non-hydrogen) atoms. The van der Waals surface area contributed by atoms with Crippen LogP contribution in [0.1, 0.15) is 22.9 Å². The molecule has 0 aliphatic carbocycles. The van der Waals surface area contributed by atoms with Crippen LogP contribution in [-0.4, -0.2) is 22.2 Å². The number of aromatic nitrogens is 1. The first kappa shape index (κ1) is 15.5. The van der Waals surface area contributed by atoms with Crippen molar-refractivity contribution in [1.29, 1.82) is 0 Å². The van der Waals surface area contributed by atoms with Crippen LogP contribution >= 0.6 is 0 Å². The van der Waals surface area contributed by atoms with Crippen LogP contribution in [0.25, 0.3) is 0 Å². The average Bonchev–Trinajstić information content (AvgIpc) is 2.52. The Morgan fingerprint density at radius 3 is 2.59 bits per heavy atom. The SMILES string of the molecule is Cc1cccnc1C(NC(=O)OCc1ccccc1)C(=O)O. The Hall–Kier alpha value is -2.89. The highest BCUT2D eigenvalue weighted by Gasteiger charge is 2.25. The fourth-order valence-corrected chi connectivity index (χ4v) is 1.93. The third-order valence-electron chi connectivity index (χ3n) is 3.05. The molecule has 0 aliphatic heterocycles. The van der Waals surface area contributed by atoms with E-state index in [1.165, 1.54) is 6.20 Å². The number of ether oxygens (including phenoxy) is 1. The number of carbonyl (C=O) groups excluding carboxylic acids is 1. The van der Waals surface area contributed by atoms with E-state index >= 15 is 0 Å². The number of aryl methyl sites for hydroxylation is 1. The maximum Gasteiger partial charge on any atom is 0.408 e. The van der Waals surface area contributed by atoms with Crippen molar-refractivity contribution in [3.63, 3.8) is 0 Å². The third kappa shape index (κ3) is 4.05. The first-order valence-electron chi connectivity index (χ1n) is 6.69. The van der Waals surface area contributed by atoms with Crippen molar-refractivity contribution in [3.8, 4) is 0 Å². The normalized spacial score (nSPS) is 11.5. The second-order valence-electron chi connectivity index (χ2n) is 4.68. The van der Waals surface area contributed by atoms with Crippen molar-refractivity contribution in [3.05, 3.63) is 65.5 Å². The topological polar surface area (TPSA) is 88.5 Å². The molecule has 2 N–H and O–H groups in total. The van der Waals surface area contributed by atoms with Crippen molar-refractivity contribution in [1.82, 2.24) is 10.3 Å². The summed E-state index contributed by atoms with van der Waals surface area (Å²) in [4.78, 5) is 27.2.